The highest BCUT2D eigenvalue weighted by Crippen LogP contribution is 2.35. The van der Waals surface area contributed by atoms with Crippen LogP contribution in [0.2, 0.25) is 0 Å². The van der Waals surface area contributed by atoms with Crippen molar-refractivity contribution in [2.24, 2.45) is 0 Å². The zero-order chi connectivity index (χ0) is 11.2. The minimum Gasteiger partial charge on any atom is -0.322 e. The van der Waals surface area contributed by atoms with Crippen LogP contribution in [0.4, 0.5) is 0 Å². The van der Waals surface area contributed by atoms with Gasteiger partial charge in [-0.1, -0.05) is 12.5 Å². The Kier molecular flexibility index (Phi) is 2.30. The van der Waals surface area contributed by atoms with Crippen LogP contribution in [-0.2, 0) is 0 Å². The number of allylic oxidation sites excluding steroid dienone is 1. The van der Waals surface area contributed by atoms with Gasteiger partial charge in [0.1, 0.15) is 6.29 Å². The summed E-state index contributed by atoms with van der Waals surface area (Å²) < 4.78 is 0. The first-order valence-corrected chi connectivity index (χ1v) is 7.13. The van der Waals surface area contributed by atoms with E-state index in [4.69, 9.17) is 0 Å². The van der Waals surface area contributed by atoms with Crippen molar-refractivity contribution in [3.05, 3.63) is 23.5 Å². The molecule has 0 spiro atoms. The lowest BCUT2D eigenvalue weighted by molar-refractivity contribution is 0.233. The highest BCUT2D eigenvalue weighted by molar-refractivity contribution is 5.28. The minimum atomic E-state index is 0.358. The molecule has 3 heteroatoms. The van der Waals surface area contributed by atoms with Crippen LogP contribution in [0.1, 0.15) is 44.9 Å². The summed E-state index contributed by atoms with van der Waals surface area (Å²) in [6.45, 7) is 0. The lowest BCUT2D eigenvalue weighted by Crippen LogP contribution is -2.55. The van der Waals surface area contributed by atoms with Crippen LogP contribution in [0.25, 0.3) is 0 Å². The fraction of sp³-hybridized carbons (Fsp3) is 0.714. The molecular formula is C14H21N3. The van der Waals surface area contributed by atoms with Crippen LogP contribution in [0.5, 0.6) is 0 Å². The predicted molar refractivity (Wildman–Crippen MR) is 68.0 cm³/mol. The van der Waals surface area contributed by atoms with Crippen molar-refractivity contribution in [3.63, 3.8) is 0 Å². The van der Waals surface area contributed by atoms with Gasteiger partial charge in [-0.05, 0) is 44.1 Å². The normalized spacial score (nSPS) is 40.0. The van der Waals surface area contributed by atoms with E-state index in [1.54, 1.807) is 5.57 Å². The van der Waals surface area contributed by atoms with E-state index in [-0.39, 0.29) is 0 Å². The Morgan fingerprint density at radius 3 is 2.94 bits per heavy atom. The third-order valence-corrected chi connectivity index (χ3v) is 4.66. The second-order valence-corrected chi connectivity index (χ2v) is 5.76. The van der Waals surface area contributed by atoms with Crippen molar-refractivity contribution in [3.8, 4) is 0 Å². The predicted octanol–water partition coefficient (Wildman–Crippen LogP) is 2.04. The summed E-state index contributed by atoms with van der Waals surface area (Å²) in [5, 5.41) is 7.51. The third-order valence-electron chi connectivity index (χ3n) is 4.66. The van der Waals surface area contributed by atoms with Crippen molar-refractivity contribution < 1.29 is 0 Å². The molecule has 0 aromatic carbocycles. The van der Waals surface area contributed by atoms with Crippen LogP contribution in [0.15, 0.2) is 23.5 Å². The molecule has 3 atom stereocenters. The number of hydrogen-bond acceptors (Lipinski definition) is 3. The molecular weight excluding hydrogens is 210 g/mol. The molecule has 4 rings (SSSR count). The Morgan fingerprint density at radius 1 is 1.06 bits per heavy atom. The quantitative estimate of drug-likeness (QED) is 0.668. The summed E-state index contributed by atoms with van der Waals surface area (Å²) in [5.74, 6) is 0. The van der Waals surface area contributed by atoms with Crippen LogP contribution in [0.3, 0.4) is 0 Å². The highest BCUT2D eigenvalue weighted by Gasteiger charge is 2.40. The Bertz CT molecular complexity index is 385. The summed E-state index contributed by atoms with van der Waals surface area (Å²) in [6, 6.07) is 1.23. The molecule has 1 saturated carbocycles. The smallest absolute Gasteiger partial charge is 0.139 e. The van der Waals surface area contributed by atoms with Crippen molar-refractivity contribution in [1.82, 2.24) is 15.5 Å². The molecule has 0 radical (unpaired) electrons. The molecule has 0 bridgehead atoms. The third kappa shape index (κ3) is 1.56. The standard InChI is InChI=1S/C14H21N3/c1-2-6-11-10(5-1)9-17-13-8-4-3-7-12(13)16-14(17)15-11/h8-9,11-12,14-16H,1-7H2. The molecule has 2 N–H and O–H groups in total. The van der Waals surface area contributed by atoms with Gasteiger partial charge in [0, 0.05) is 17.9 Å². The van der Waals surface area contributed by atoms with Crippen LogP contribution < -0.4 is 10.6 Å². The van der Waals surface area contributed by atoms with Gasteiger partial charge in [-0.2, -0.15) is 0 Å². The highest BCUT2D eigenvalue weighted by atomic mass is 15.5. The summed E-state index contributed by atoms with van der Waals surface area (Å²) in [4.78, 5) is 2.46. The maximum Gasteiger partial charge on any atom is 0.139 e. The van der Waals surface area contributed by atoms with Crippen molar-refractivity contribution in [2.75, 3.05) is 0 Å². The monoisotopic (exact) mass is 231 g/mol. The summed E-state index contributed by atoms with van der Waals surface area (Å²) >= 11 is 0. The van der Waals surface area contributed by atoms with Crippen molar-refractivity contribution in [1.29, 1.82) is 0 Å². The second-order valence-electron chi connectivity index (χ2n) is 5.76. The molecule has 3 unspecified atom stereocenters. The van der Waals surface area contributed by atoms with Gasteiger partial charge in [-0.15, -0.1) is 0 Å². The zero-order valence-electron chi connectivity index (χ0n) is 10.3. The van der Waals surface area contributed by atoms with E-state index in [0.717, 1.165) is 0 Å². The van der Waals surface area contributed by atoms with E-state index in [1.165, 1.54) is 50.6 Å². The van der Waals surface area contributed by atoms with Crippen LogP contribution in [-0.4, -0.2) is 23.3 Å². The van der Waals surface area contributed by atoms with Gasteiger partial charge in [-0.3, -0.25) is 10.6 Å². The number of fused-ring (bicyclic) bond motifs is 4. The van der Waals surface area contributed by atoms with Crippen LogP contribution in [0, 0.1) is 0 Å². The molecule has 0 amide bonds. The molecule has 92 valence electrons. The van der Waals surface area contributed by atoms with E-state index in [1.807, 2.05) is 0 Å². The molecule has 2 heterocycles. The van der Waals surface area contributed by atoms with E-state index < -0.39 is 0 Å². The molecule has 2 aliphatic heterocycles. The number of hydrogen-bond donors (Lipinski definition) is 2. The largest absolute Gasteiger partial charge is 0.322 e. The molecule has 2 fully saturated rings. The van der Waals surface area contributed by atoms with Gasteiger partial charge in [-0.25, -0.2) is 0 Å². The van der Waals surface area contributed by atoms with Gasteiger partial charge in [0.2, 0.25) is 0 Å². The van der Waals surface area contributed by atoms with E-state index in [0.29, 0.717) is 18.4 Å². The average Bonchev–Trinajstić information content (AvgIpc) is 2.73. The lowest BCUT2D eigenvalue weighted by Gasteiger charge is -2.38. The number of nitrogens with zero attached hydrogens (tertiary/aromatic N) is 1. The molecule has 0 aromatic heterocycles. The maximum absolute atomic E-state index is 3.78. The Balaban J connectivity index is 1.66. The topological polar surface area (TPSA) is 27.3 Å². The number of nitrogens with one attached hydrogen (secondary N) is 2. The average molecular weight is 231 g/mol. The fourth-order valence-electron chi connectivity index (χ4n) is 3.76. The molecule has 3 nitrogen and oxygen atoms in total. The Hall–Kier alpha value is -0.800. The SMILES string of the molecule is C1=C2CCCCC2NC2NC3CCCC=C3N12. The van der Waals surface area contributed by atoms with Gasteiger partial charge in [0.05, 0.1) is 6.04 Å². The number of rotatable bonds is 0. The van der Waals surface area contributed by atoms with Crippen molar-refractivity contribution >= 4 is 0 Å². The first-order chi connectivity index (χ1) is 8.42. The Labute approximate surface area is 103 Å². The molecule has 0 aromatic rings. The van der Waals surface area contributed by atoms with E-state index in [2.05, 4.69) is 27.8 Å². The maximum atomic E-state index is 3.78. The van der Waals surface area contributed by atoms with Gasteiger partial charge in [0.25, 0.3) is 0 Å². The van der Waals surface area contributed by atoms with E-state index in [9.17, 15) is 0 Å². The fourth-order valence-corrected chi connectivity index (χ4v) is 3.76. The lowest BCUT2D eigenvalue weighted by atomic mass is 9.89. The first-order valence-electron chi connectivity index (χ1n) is 7.13. The van der Waals surface area contributed by atoms with Crippen molar-refractivity contribution in [2.45, 2.75) is 63.3 Å². The minimum absolute atomic E-state index is 0.358. The van der Waals surface area contributed by atoms with E-state index >= 15 is 0 Å². The summed E-state index contributed by atoms with van der Waals surface area (Å²) in [7, 11) is 0. The Morgan fingerprint density at radius 2 is 1.94 bits per heavy atom. The molecule has 1 saturated heterocycles. The van der Waals surface area contributed by atoms with Gasteiger partial charge < -0.3 is 4.90 Å². The van der Waals surface area contributed by atoms with Crippen LogP contribution >= 0.6 is 0 Å². The molecule has 4 aliphatic rings. The zero-order valence-corrected chi connectivity index (χ0v) is 10.3. The summed E-state index contributed by atoms with van der Waals surface area (Å²) in [6.07, 6.45) is 14.5. The molecule has 2 aliphatic carbocycles. The summed E-state index contributed by atoms with van der Waals surface area (Å²) in [5.41, 5.74) is 3.15. The second kappa shape index (κ2) is 3.85. The molecule has 17 heavy (non-hydrogen) atoms. The van der Waals surface area contributed by atoms with Gasteiger partial charge >= 0.3 is 0 Å². The first kappa shape index (κ1) is 10.2. The van der Waals surface area contributed by atoms with Gasteiger partial charge in [0.15, 0.2) is 0 Å².